The minimum absolute atomic E-state index is 0.00788. The van der Waals surface area contributed by atoms with Crippen molar-refractivity contribution in [3.05, 3.63) is 59.4 Å². The van der Waals surface area contributed by atoms with E-state index < -0.39 is 0 Å². The van der Waals surface area contributed by atoms with Gasteiger partial charge in [0.1, 0.15) is 17.9 Å². The second-order valence-corrected chi connectivity index (χ2v) is 7.53. The van der Waals surface area contributed by atoms with Gasteiger partial charge in [0.15, 0.2) is 0 Å². The molecule has 1 aliphatic heterocycles. The Hall–Kier alpha value is -3.15. The van der Waals surface area contributed by atoms with E-state index in [0.29, 0.717) is 13.0 Å². The van der Waals surface area contributed by atoms with Gasteiger partial charge in [0.05, 0.1) is 18.2 Å². The first-order valence-corrected chi connectivity index (χ1v) is 10.1. The molecule has 2 N–H and O–H groups in total. The van der Waals surface area contributed by atoms with Gasteiger partial charge in [-0.05, 0) is 56.0 Å². The number of hydrogen-bond donors (Lipinski definition) is 2. The summed E-state index contributed by atoms with van der Waals surface area (Å²) < 4.78 is 5.67. The van der Waals surface area contributed by atoms with E-state index in [1.807, 2.05) is 38.1 Å². The molecule has 0 fully saturated rings. The van der Waals surface area contributed by atoms with Gasteiger partial charge in [-0.3, -0.25) is 4.79 Å². The summed E-state index contributed by atoms with van der Waals surface area (Å²) in [7, 11) is 0. The highest BCUT2D eigenvalue weighted by Gasteiger charge is 2.15. The first kappa shape index (κ1) is 19.2. The Kier molecular flexibility index (Phi) is 5.60. The minimum Gasteiger partial charge on any atom is -0.493 e. The van der Waals surface area contributed by atoms with Crippen LogP contribution in [0.4, 0.5) is 5.82 Å². The molecule has 6 heteroatoms. The summed E-state index contributed by atoms with van der Waals surface area (Å²) >= 11 is 0. The van der Waals surface area contributed by atoms with Crippen molar-refractivity contribution < 1.29 is 9.53 Å². The average molecular weight is 390 g/mol. The highest BCUT2D eigenvalue weighted by molar-refractivity contribution is 5.89. The van der Waals surface area contributed by atoms with Crippen LogP contribution in [0.15, 0.2) is 42.7 Å². The maximum absolute atomic E-state index is 12.4. The van der Waals surface area contributed by atoms with E-state index in [1.54, 1.807) is 6.33 Å². The largest absolute Gasteiger partial charge is 0.493 e. The van der Waals surface area contributed by atoms with Crippen molar-refractivity contribution in [1.29, 1.82) is 0 Å². The molecule has 4 rings (SSSR count). The number of nitrogens with one attached hydrogen (secondary N) is 2. The van der Waals surface area contributed by atoms with E-state index >= 15 is 0 Å². The molecule has 3 aromatic rings. The maximum atomic E-state index is 12.4. The number of hydrogen-bond acceptors (Lipinski definition) is 5. The van der Waals surface area contributed by atoms with E-state index in [4.69, 9.17) is 4.74 Å². The second kappa shape index (κ2) is 8.47. The average Bonchev–Trinajstić information content (AvgIpc) is 2.73. The molecule has 0 unspecified atom stereocenters. The normalized spacial score (nSPS) is 14.0. The zero-order valence-corrected chi connectivity index (χ0v) is 16.9. The molecule has 1 aliphatic rings. The fraction of sp³-hybridized carbons (Fsp3) is 0.348. The highest BCUT2D eigenvalue weighted by Crippen LogP contribution is 2.27. The summed E-state index contributed by atoms with van der Waals surface area (Å²) in [6.07, 6.45) is 3.98. The zero-order chi connectivity index (χ0) is 20.2. The molecule has 1 aromatic heterocycles. The SMILES string of the molecule is Cc1ccc2ncnc(NCCC(=O)N[C@H](C)c3ccc4c(c3)CCCO4)c2c1. The molecule has 1 amide bonds. The van der Waals surface area contributed by atoms with E-state index in [-0.39, 0.29) is 11.9 Å². The molecule has 6 nitrogen and oxygen atoms in total. The first-order chi connectivity index (χ1) is 14.1. The lowest BCUT2D eigenvalue weighted by atomic mass is 10.00. The quantitative estimate of drug-likeness (QED) is 0.667. The Balaban J connectivity index is 1.33. The molecule has 2 heterocycles. The Morgan fingerprint density at radius 3 is 3.00 bits per heavy atom. The summed E-state index contributed by atoms with van der Waals surface area (Å²) in [6, 6.07) is 12.2. The third-order valence-electron chi connectivity index (χ3n) is 5.25. The van der Waals surface area contributed by atoms with E-state index in [9.17, 15) is 4.79 Å². The van der Waals surface area contributed by atoms with Gasteiger partial charge in [-0.1, -0.05) is 23.8 Å². The Morgan fingerprint density at radius 2 is 2.10 bits per heavy atom. The Labute approximate surface area is 170 Å². The van der Waals surface area contributed by atoms with Crippen LogP contribution >= 0.6 is 0 Å². The molecule has 0 radical (unpaired) electrons. The monoisotopic (exact) mass is 390 g/mol. The van der Waals surface area contributed by atoms with Crippen molar-refractivity contribution in [3.8, 4) is 5.75 Å². The fourth-order valence-corrected chi connectivity index (χ4v) is 3.65. The molecule has 0 aliphatic carbocycles. The van der Waals surface area contributed by atoms with Crippen molar-refractivity contribution in [1.82, 2.24) is 15.3 Å². The zero-order valence-electron chi connectivity index (χ0n) is 16.9. The highest BCUT2D eigenvalue weighted by atomic mass is 16.5. The second-order valence-electron chi connectivity index (χ2n) is 7.53. The number of carbonyl (C=O) groups is 1. The maximum Gasteiger partial charge on any atom is 0.222 e. The molecule has 150 valence electrons. The van der Waals surface area contributed by atoms with Crippen LogP contribution in [0.1, 0.15) is 42.5 Å². The smallest absolute Gasteiger partial charge is 0.222 e. The lowest BCUT2D eigenvalue weighted by Crippen LogP contribution is -2.28. The standard InChI is InChI=1S/C23H26N4O2/c1-15-5-7-20-19(12-15)23(26-14-25-20)24-10-9-22(28)27-16(2)17-6-8-21-18(13-17)4-3-11-29-21/h5-8,12-14,16H,3-4,9-11H2,1-2H3,(H,27,28)(H,24,25,26)/t16-/m1/s1. The topological polar surface area (TPSA) is 76.1 Å². The van der Waals surface area contributed by atoms with Crippen molar-refractivity contribution >= 4 is 22.6 Å². The van der Waals surface area contributed by atoms with E-state index in [1.165, 1.54) is 5.56 Å². The number of rotatable bonds is 6. The van der Waals surface area contributed by atoms with Crippen LogP contribution in [0, 0.1) is 6.92 Å². The Morgan fingerprint density at radius 1 is 1.21 bits per heavy atom. The molecule has 0 saturated carbocycles. The molecule has 0 spiro atoms. The van der Waals surface area contributed by atoms with Crippen LogP contribution in [0.5, 0.6) is 5.75 Å². The van der Waals surface area contributed by atoms with Crippen LogP contribution in [0.2, 0.25) is 0 Å². The van der Waals surface area contributed by atoms with Crippen LogP contribution in [0.3, 0.4) is 0 Å². The van der Waals surface area contributed by atoms with Gasteiger partial charge in [-0.2, -0.15) is 0 Å². The molecule has 1 atom stereocenters. The molecular weight excluding hydrogens is 364 g/mol. The molecule has 0 bridgehead atoms. The van der Waals surface area contributed by atoms with Gasteiger partial charge in [-0.25, -0.2) is 9.97 Å². The number of nitrogens with zero attached hydrogens (tertiary/aromatic N) is 2. The third kappa shape index (κ3) is 4.47. The third-order valence-corrected chi connectivity index (χ3v) is 5.25. The Bertz CT molecular complexity index is 1030. The van der Waals surface area contributed by atoms with Gasteiger partial charge in [0, 0.05) is 18.4 Å². The lowest BCUT2D eigenvalue weighted by Gasteiger charge is -2.20. The number of aromatic nitrogens is 2. The predicted molar refractivity (Wildman–Crippen MR) is 114 cm³/mol. The predicted octanol–water partition coefficient (Wildman–Crippen LogP) is 3.94. The van der Waals surface area contributed by atoms with Crippen molar-refractivity contribution in [2.45, 2.75) is 39.2 Å². The number of amides is 1. The summed E-state index contributed by atoms with van der Waals surface area (Å²) in [4.78, 5) is 21.0. The van der Waals surface area contributed by atoms with E-state index in [2.05, 4.69) is 32.7 Å². The number of aryl methyl sites for hydroxylation is 2. The number of benzene rings is 2. The summed E-state index contributed by atoms with van der Waals surface area (Å²) in [5.74, 6) is 1.73. The molecule has 29 heavy (non-hydrogen) atoms. The van der Waals surface area contributed by atoms with Crippen molar-refractivity contribution in [3.63, 3.8) is 0 Å². The number of anilines is 1. The van der Waals surface area contributed by atoms with Crippen molar-refractivity contribution in [2.75, 3.05) is 18.5 Å². The van der Waals surface area contributed by atoms with Crippen LogP contribution in [-0.4, -0.2) is 29.0 Å². The van der Waals surface area contributed by atoms with Gasteiger partial charge in [0.25, 0.3) is 0 Å². The summed E-state index contributed by atoms with van der Waals surface area (Å²) in [5, 5.41) is 7.32. The summed E-state index contributed by atoms with van der Waals surface area (Å²) in [6.45, 7) is 5.35. The number of fused-ring (bicyclic) bond motifs is 2. The van der Waals surface area contributed by atoms with Crippen molar-refractivity contribution in [2.24, 2.45) is 0 Å². The summed E-state index contributed by atoms with van der Waals surface area (Å²) in [5.41, 5.74) is 4.37. The number of carbonyl (C=O) groups excluding carboxylic acids is 1. The molecule has 2 aromatic carbocycles. The van der Waals surface area contributed by atoms with Gasteiger partial charge in [0.2, 0.25) is 5.91 Å². The van der Waals surface area contributed by atoms with E-state index in [0.717, 1.165) is 53.0 Å². The van der Waals surface area contributed by atoms with Gasteiger partial charge >= 0.3 is 0 Å². The molecular formula is C23H26N4O2. The van der Waals surface area contributed by atoms with Crippen LogP contribution < -0.4 is 15.4 Å². The van der Waals surface area contributed by atoms with Crippen LogP contribution in [-0.2, 0) is 11.2 Å². The fourth-order valence-electron chi connectivity index (χ4n) is 3.65. The number of ether oxygens (including phenoxy) is 1. The minimum atomic E-state index is -0.0442. The van der Waals surface area contributed by atoms with Crippen LogP contribution in [0.25, 0.3) is 10.9 Å². The lowest BCUT2D eigenvalue weighted by molar-refractivity contribution is -0.121. The first-order valence-electron chi connectivity index (χ1n) is 10.1. The van der Waals surface area contributed by atoms with Gasteiger partial charge < -0.3 is 15.4 Å². The van der Waals surface area contributed by atoms with Gasteiger partial charge in [-0.15, -0.1) is 0 Å². The molecule has 0 saturated heterocycles.